The Labute approximate surface area is 102 Å². The van der Waals surface area contributed by atoms with E-state index in [9.17, 15) is 24.4 Å². The van der Waals surface area contributed by atoms with Crippen molar-refractivity contribution in [3.63, 3.8) is 0 Å². The average Bonchev–Trinajstić information content (AvgIpc) is 2.35. The number of methoxy groups -OCH3 is 1. The summed E-state index contributed by atoms with van der Waals surface area (Å²) in [6, 6.07) is 5.06. The van der Waals surface area contributed by atoms with E-state index in [1.807, 2.05) is 0 Å². The average molecular weight is 274 g/mol. The van der Waals surface area contributed by atoms with Gasteiger partial charge in [0.2, 0.25) is 7.60 Å². The molecule has 0 aromatic heterocycles. The van der Waals surface area contributed by atoms with Gasteiger partial charge in [-0.15, -0.1) is 0 Å². The molecule has 1 unspecified atom stereocenters. The molecule has 0 aliphatic carbocycles. The zero-order chi connectivity index (χ0) is 13.8. The Morgan fingerprint density at radius 2 is 1.94 bits per heavy atom. The Morgan fingerprint density at radius 3 is 2.39 bits per heavy atom. The normalized spacial score (nSPS) is 13.7. The minimum absolute atomic E-state index is 0.128. The number of nitro benzene ring substituents is 1. The maximum atomic E-state index is 11.1. The number of carbonyl (C=O) groups is 1. The van der Waals surface area contributed by atoms with Crippen LogP contribution in [0.15, 0.2) is 24.3 Å². The molecule has 0 amide bonds. The number of rotatable bonds is 5. The van der Waals surface area contributed by atoms with Crippen molar-refractivity contribution in [2.24, 2.45) is 0 Å². The summed E-state index contributed by atoms with van der Waals surface area (Å²) in [4.78, 5) is 31.7. The number of benzene rings is 1. The van der Waals surface area contributed by atoms with Gasteiger partial charge in [-0.05, 0) is 17.7 Å². The zero-order valence-corrected chi connectivity index (χ0v) is 10.2. The first-order valence-electron chi connectivity index (χ1n) is 4.64. The van der Waals surface area contributed by atoms with Crippen molar-refractivity contribution in [2.75, 3.05) is 7.11 Å². The molecule has 8 nitrogen and oxygen atoms in total. The molecule has 0 fully saturated rings. The predicted octanol–water partition coefficient (Wildman–Crippen LogP) is 1.43. The molecule has 0 bridgehead atoms. The van der Waals surface area contributed by atoms with E-state index >= 15 is 0 Å². The fourth-order valence-corrected chi connectivity index (χ4v) is 1.69. The van der Waals surface area contributed by atoms with Crippen LogP contribution in [0, 0.1) is 10.1 Å². The Bertz CT molecular complexity index is 498. The molecule has 0 N–H and O–H groups in total. The van der Waals surface area contributed by atoms with Crippen molar-refractivity contribution < 1.29 is 28.4 Å². The topological polar surface area (TPSA) is 119 Å². The molecule has 1 aromatic carbocycles. The van der Waals surface area contributed by atoms with E-state index in [4.69, 9.17) is 0 Å². The first kappa shape index (κ1) is 14.3. The number of hydrogen-bond donors (Lipinski definition) is 0. The van der Waals surface area contributed by atoms with Gasteiger partial charge < -0.3 is 14.2 Å². The SMILES string of the molecule is COC(=O)P(=O)([O-])OCc1ccc([N+](=O)[O-])cc1. The van der Waals surface area contributed by atoms with Crippen molar-refractivity contribution in [3.8, 4) is 0 Å². The molecule has 0 aliphatic rings. The smallest absolute Gasteiger partial charge is 0.376 e. The molecular formula is C9H9NO7P-. The molecule has 0 radical (unpaired) electrons. The van der Waals surface area contributed by atoms with Crippen molar-refractivity contribution >= 4 is 19.0 Å². The first-order chi connectivity index (χ1) is 8.36. The van der Waals surface area contributed by atoms with Crippen molar-refractivity contribution in [3.05, 3.63) is 39.9 Å². The molecule has 1 rings (SSSR count). The summed E-state index contributed by atoms with van der Waals surface area (Å²) < 4.78 is 19.6. The van der Waals surface area contributed by atoms with E-state index in [0.717, 1.165) is 7.11 Å². The van der Waals surface area contributed by atoms with E-state index in [2.05, 4.69) is 9.26 Å². The molecule has 1 aromatic rings. The van der Waals surface area contributed by atoms with Gasteiger partial charge in [-0.1, -0.05) is 0 Å². The molecule has 0 aliphatic heterocycles. The Hall–Kier alpha value is -1.76. The third-order valence-corrected chi connectivity index (χ3v) is 3.05. The Balaban J connectivity index is 2.67. The summed E-state index contributed by atoms with van der Waals surface area (Å²) in [6.07, 6.45) is 0. The highest BCUT2D eigenvalue weighted by atomic mass is 31.2. The quantitative estimate of drug-likeness (QED) is 0.452. The highest BCUT2D eigenvalue weighted by molar-refractivity contribution is 7.69. The molecule has 18 heavy (non-hydrogen) atoms. The van der Waals surface area contributed by atoms with Gasteiger partial charge in [0.05, 0.1) is 18.6 Å². The van der Waals surface area contributed by atoms with Crippen molar-refractivity contribution in [1.82, 2.24) is 0 Å². The Kier molecular flexibility index (Phi) is 4.55. The van der Waals surface area contributed by atoms with Crippen LogP contribution in [0.1, 0.15) is 5.56 Å². The van der Waals surface area contributed by atoms with E-state index in [-0.39, 0.29) is 5.69 Å². The molecule has 0 saturated heterocycles. The summed E-state index contributed by atoms with van der Waals surface area (Å²) in [5.74, 6) is 0. The van der Waals surface area contributed by atoms with Gasteiger partial charge in [0.25, 0.3) is 5.69 Å². The lowest BCUT2D eigenvalue weighted by molar-refractivity contribution is -0.384. The predicted molar refractivity (Wildman–Crippen MR) is 57.9 cm³/mol. The summed E-state index contributed by atoms with van der Waals surface area (Å²) in [7, 11) is -3.81. The number of non-ortho nitro benzene ring substituents is 1. The van der Waals surface area contributed by atoms with Crippen molar-refractivity contribution in [1.29, 1.82) is 0 Å². The van der Waals surface area contributed by atoms with Crippen LogP contribution < -0.4 is 4.89 Å². The summed E-state index contributed by atoms with van der Waals surface area (Å²) in [5, 5.41) is 10.4. The minimum Gasteiger partial charge on any atom is -0.770 e. The van der Waals surface area contributed by atoms with Gasteiger partial charge in [-0.2, -0.15) is 0 Å². The first-order valence-corrected chi connectivity index (χ1v) is 6.18. The van der Waals surface area contributed by atoms with Crippen LogP contribution in [-0.4, -0.2) is 17.7 Å². The van der Waals surface area contributed by atoms with E-state index in [1.54, 1.807) is 0 Å². The zero-order valence-electron chi connectivity index (χ0n) is 9.27. The standard InChI is InChI=1S/C9H10NO7P/c1-16-9(11)18(14,15)17-6-7-2-4-8(5-3-7)10(12)13/h2-5H,6H2,1H3,(H,14,15)/p-1. The fraction of sp³-hybridized carbons (Fsp3) is 0.222. The summed E-state index contributed by atoms with van der Waals surface area (Å²) in [5.41, 5.74) is -1.22. The maximum absolute atomic E-state index is 11.1. The van der Waals surface area contributed by atoms with Gasteiger partial charge in [0.15, 0.2) is 0 Å². The molecule has 9 heteroatoms. The van der Waals surface area contributed by atoms with Gasteiger partial charge >= 0.3 is 5.71 Å². The highest BCUT2D eigenvalue weighted by Gasteiger charge is 2.20. The number of hydrogen-bond acceptors (Lipinski definition) is 7. The summed E-state index contributed by atoms with van der Waals surface area (Å²) >= 11 is 0. The van der Waals surface area contributed by atoms with Crippen LogP contribution in [0.25, 0.3) is 0 Å². The second kappa shape index (κ2) is 5.72. The van der Waals surface area contributed by atoms with Crippen LogP contribution in [0.2, 0.25) is 0 Å². The van der Waals surface area contributed by atoms with Crippen LogP contribution in [-0.2, 0) is 20.4 Å². The van der Waals surface area contributed by atoms with Gasteiger partial charge in [-0.3, -0.25) is 14.7 Å². The van der Waals surface area contributed by atoms with E-state index < -0.39 is 24.8 Å². The van der Waals surface area contributed by atoms with Gasteiger partial charge in [0, 0.05) is 12.1 Å². The number of nitro groups is 1. The monoisotopic (exact) mass is 274 g/mol. The van der Waals surface area contributed by atoms with Crippen LogP contribution in [0.5, 0.6) is 0 Å². The lowest BCUT2D eigenvalue weighted by Gasteiger charge is -2.19. The highest BCUT2D eigenvalue weighted by Crippen LogP contribution is 2.39. The number of ether oxygens (including phenoxy) is 1. The maximum Gasteiger partial charge on any atom is 0.376 e. The molecule has 0 saturated carbocycles. The molecule has 1 atom stereocenters. The lowest BCUT2D eigenvalue weighted by atomic mass is 10.2. The van der Waals surface area contributed by atoms with E-state index in [1.165, 1.54) is 24.3 Å². The van der Waals surface area contributed by atoms with E-state index in [0.29, 0.717) is 5.56 Å². The van der Waals surface area contributed by atoms with Gasteiger partial charge in [-0.25, -0.2) is 4.79 Å². The van der Waals surface area contributed by atoms with Gasteiger partial charge in [0.1, 0.15) is 0 Å². The molecule has 0 spiro atoms. The second-order valence-corrected chi connectivity index (χ2v) is 4.78. The third kappa shape index (κ3) is 3.63. The van der Waals surface area contributed by atoms with Crippen molar-refractivity contribution in [2.45, 2.75) is 6.61 Å². The van der Waals surface area contributed by atoms with Crippen LogP contribution in [0.4, 0.5) is 10.5 Å². The van der Waals surface area contributed by atoms with Crippen LogP contribution in [0.3, 0.4) is 0 Å². The molecule has 98 valence electrons. The molecule has 0 heterocycles. The van der Waals surface area contributed by atoms with Crippen LogP contribution >= 0.6 is 7.60 Å². The second-order valence-electron chi connectivity index (χ2n) is 3.16. The largest absolute Gasteiger partial charge is 0.770 e. The number of carbonyl (C=O) groups excluding carboxylic acids is 1. The summed E-state index contributed by atoms with van der Waals surface area (Å²) in [6.45, 7) is -0.395. The third-order valence-electron chi connectivity index (χ3n) is 1.95. The molecular weight excluding hydrogens is 265 g/mol. The fourth-order valence-electron chi connectivity index (χ4n) is 1.04. The lowest BCUT2D eigenvalue weighted by Crippen LogP contribution is -2.14. The number of nitrogens with zero attached hydrogens (tertiary/aromatic N) is 1. The minimum atomic E-state index is -4.72. The Morgan fingerprint density at radius 1 is 1.39 bits per heavy atom.